The van der Waals surface area contributed by atoms with Crippen LogP contribution < -0.4 is 5.32 Å². The zero-order valence-electron chi connectivity index (χ0n) is 18.0. The van der Waals surface area contributed by atoms with Crippen molar-refractivity contribution in [1.29, 1.82) is 0 Å². The number of hydrogen-bond acceptors (Lipinski definition) is 4. The molecule has 1 aromatic heterocycles. The molecule has 5 heteroatoms. The fourth-order valence-corrected chi connectivity index (χ4v) is 4.98. The monoisotopic (exact) mass is 413 g/mol. The lowest BCUT2D eigenvalue weighted by atomic mass is 9.90. The second-order valence-corrected chi connectivity index (χ2v) is 9.79. The molecule has 0 saturated carbocycles. The molecule has 2 aromatic rings. The summed E-state index contributed by atoms with van der Waals surface area (Å²) in [7, 11) is 0. The Morgan fingerprint density at radius 1 is 1.17 bits per heavy atom. The minimum Gasteiger partial charge on any atom is -0.451 e. The van der Waals surface area contributed by atoms with Gasteiger partial charge in [0.15, 0.2) is 6.61 Å². The largest absolute Gasteiger partial charge is 0.451 e. The number of rotatable bonds is 6. The summed E-state index contributed by atoms with van der Waals surface area (Å²) in [5, 5.41) is 2.99. The molecule has 156 valence electrons. The van der Waals surface area contributed by atoms with Gasteiger partial charge in [-0.15, -0.1) is 11.3 Å². The van der Waals surface area contributed by atoms with Crippen LogP contribution in [0.5, 0.6) is 0 Å². The number of fused-ring (bicyclic) bond motifs is 1. The first-order valence-electron chi connectivity index (χ1n) is 10.5. The third-order valence-corrected chi connectivity index (χ3v) is 6.72. The van der Waals surface area contributed by atoms with Gasteiger partial charge in [-0.3, -0.25) is 4.79 Å². The Morgan fingerprint density at radius 3 is 2.45 bits per heavy atom. The number of hydrogen-bond donors (Lipinski definition) is 1. The molecule has 0 radical (unpaired) electrons. The molecule has 1 N–H and O–H groups in total. The second-order valence-electron chi connectivity index (χ2n) is 8.65. The lowest BCUT2D eigenvalue weighted by molar-refractivity contribution is -0.119. The van der Waals surface area contributed by atoms with Gasteiger partial charge in [0.25, 0.3) is 5.91 Å². The molecule has 3 rings (SSSR count). The summed E-state index contributed by atoms with van der Waals surface area (Å²) in [6.07, 6.45) is 3.21. The van der Waals surface area contributed by atoms with E-state index in [0.717, 1.165) is 36.1 Å². The molecular formula is C24H31NO3S. The number of carbonyl (C=O) groups is 2. The highest BCUT2D eigenvalue weighted by Crippen LogP contribution is 2.33. The number of benzene rings is 1. The smallest absolute Gasteiger partial charge is 0.348 e. The molecule has 0 fully saturated rings. The van der Waals surface area contributed by atoms with E-state index in [4.69, 9.17) is 4.74 Å². The molecule has 0 saturated heterocycles. The van der Waals surface area contributed by atoms with Crippen LogP contribution in [-0.4, -0.2) is 18.5 Å². The summed E-state index contributed by atoms with van der Waals surface area (Å²) in [5.41, 5.74) is 4.29. The van der Waals surface area contributed by atoms with Crippen molar-refractivity contribution in [2.45, 2.75) is 65.7 Å². The summed E-state index contributed by atoms with van der Waals surface area (Å²) in [4.78, 5) is 26.9. The van der Waals surface area contributed by atoms with Crippen LogP contribution in [0.1, 0.15) is 84.1 Å². The normalized spacial score (nSPS) is 16.0. The van der Waals surface area contributed by atoms with Crippen molar-refractivity contribution in [3.63, 3.8) is 0 Å². The van der Waals surface area contributed by atoms with Crippen LogP contribution in [-0.2, 0) is 22.4 Å². The first kappa shape index (κ1) is 21.6. The van der Waals surface area contributed by atoms with E-state index < -0.39 is 5.97 Å². The van der Waals surface area contributed by atoms with E-state index in [9.17, 15) is 9.59 Å². The lowest BCUT2D eigenvalue weighted by Crippen LogP contribution is -2.22. The van der Waals surface area contributed by atoms with Crippen molar-refractivity contribution in [3.05, 3.63) is 50.7 Å². The Hall–Kier alpha value is -2.14. The Balaban J connectivity index is 1.66. The maximum atomic E-state index is 12.6. The van der Waals surface area contributed by atoms with Gasteiger partial charge in [-0.05, 0) is 59.8 Å². The van der Waals surface area contributed by atoms with Crippen LogP contribution >= 0.6 is 11.3 Å². The topological polar surface area (TPSA) is 55.4 Å². The molecule has 1 aliphatic rings. The number of ether oxygens (including phenoxy) is 1. The van der Waals surface area contributed by atoms with Gasteiger partial charge < -0.3 is 10.1 Å². The predicted molar refractivity (Wildman–Crippen MR) is 119 cm³/mol. The summed E-state index contributed by atoms with van der Waals surface area (Å²) >= 11 is 1.51. The Bertz CT molecular complexity index is 871. The van der Waals surface area contributed by atoms with Gasteiger partial charge in [0.2, 0.25) is 0 Å². The van der Waals surface area contributed by atoms with Crippen molar-refractivity contribution in [2.24, 2.45) is 5.92 Å². The highest BCUT2D eigenvalue weighted by atomic mass is 32.1. The molecule has 1 atom stereocenters. The Kier molecular flexibility index (Phi) is 6.78. The van der Waals surface area contributed by atoms with Gasteiger partial charge in [0, 0.05) is 10.6 Å². The second kappa shape index (κ2) is 9.12. The van der Waals surface area contributed by atoms with Crippen LogP contribution in [0, 0.1) is 5.92 Å². The van der Waals surface area contributed by atoms with E-state index in [2.05, 4.69) is 39.9 Å². The zero-order chi connectivity index (χ0) is 21.1. The van der Waals surface area contributed by atoms with Crippen molar-refractivity contribution in [3.8, 4) is 0 Å². The van der Waals surface area contributed by atoms with Gasteiger partial charge in [0.05, 0.1) is 0 Å². The van der Waals surface area contributed by atoms with E-state index >= 15 is 0 Å². The number of para-hydroxylation sites is 1. The maximum absolute atomic E-state index is 12.6. The molecule has 1 unspecified atom stereocenters. The number of esters is 1. The van der Waals surface area contributed by atoms with E-state index in [-0.39, 0.29) is 24.3 Å². The van der Waals surface area contributed by atoms with Crippen molar-refractivity contribution >= 4 is 28.9 Å². The van der Waals surface area contributed by atoms with E-state index in [1.165, 1.54) is 21.8 Å². The SMILES string of the molecule is CC1CCc2sc(C(=O)OCC(=O)Nc3c(C(C)C)cccc3C(C)C)cc2C1. The van der Waals surface area contributed by atoms with Crippen LogP contribution in [0.25, 0.3) is 0 Å². The van der Waals surface area contributed by atoms with Gasteiger partial charge in [-0.1, -0.05) is 52.8 Å². The quantitative estimate of drug-likeness (QED) is 0.599. The molecule has 29 heavy (non-hydrogen) atoms. The third-order valence-electron chi connectivity index (χ3n) is 5.50. The standard InChI is InChI=1S/C24H31NO3S/c1-14(2)18-7-6-8-19(15(3)4)23(18)25-22(26)13-28-24(27)21-12-17-11-16(5)9-10-20(17)29-21/h6-8,12,14-16H,9-11,13H2,1-5H3,(H,25,26). The first-order valence-corrected chi connectivity index (χ1v) is 11.3. The molecule has 1 amide bonds. The number of amides is 1. The minimum atomic E-state index is -0.409. The van der Waals surface area contributed by atoms with Crippen LogP contribution in [0.15, 0.2) is 24.3 Å². The van der Waals surface area contributed by atoms with Crippen LogP contribution in [0.3, 0.4) is 0 Å². The van der Waals surface area contributed by atoms with Crippen molar-refractivity contribution < 1.29 is 14.3 Å². The first-order chi connectivity index (χ1) is 13.8. The van der Waals surface area contributed by atoms with E-state index in [1.807, 2.05) is 24.3 Å². The molecular weight excluding hydrogens is 382 g/mol. The van der Waals surface area contributed by atoms with Gasteiger partial charge in [-0.25, -0.2) is 4.79 Å². The summed E-state index contributed by atoms with van der Waals surface area (Å²) in [6, 6.07) is 8.05. The highest BCUT2D eigenvalue weighted by molar-refractivity contribution is 7.14. The molecule has 0 spiro atoms. The maximum Gasteiger partial charge on any atom is 0.348 e. The molecule has 1 aliphatic carbocycles. The van der Waals surface area contributed by atoms with Crippen LogP contribution in [0.2, 0.25) is 0 Å². The predicted octanol–water partition coefficient (Wildman–Crippen LogP) is 5.92. The third kappa shape index (κ3) is 5.08. The number of thiophene rings is 1. The molecule has 4 nitrogen and oxygen atoms in total. The average molecular weight is 414 g/mol. The fourth-order valence-electron chi connectivity index (χ4n) is 3.88. The number of aryl methyl sites for hydroxylation is 1. The van der Waals surface area contributed by atoms with Crippen molar-refractivity contribution in [1.82, 2.24) is 0 Å². The van der Waals surface area contributed by atoms with Gasteiger partial charge >= 0.3 is 5.97 Å². The fraction of sp³-hybridized carbons (Fsp3) is 0.500. The summed E-state index contributed by atoms with van der Waals surface area (Å²) in [6.45, 7) is 10.4. The van der Waals surface area contributed by atoms with Gasteiger partial charge in [-0.2, -0.15) is 0 Å². The van der Waals surface area contributed by atoms with Gasteiger partial charge in [0.1, 0.15) is 4.88 Å². The number of nitrogens with one attached hydrogen (secondary N) is 1. The van der Waals surface area contributed by atoms with Crippen molar-refractivity contribution in [2.75, 3.05) is 11.9 Å². The lowest BCUT2D eigenvalue weighted by Gasteiger charge is -2.20. The summed E-state index contributed by atoms with van der Waals surface area (Å²) < 4.78 is 5.33. The van der Waals surface area contributed by atoms with Crippen LogP contribution in [0.4, 0.5) is 5.69 Å². The Labute approximate surface area is 177 Å². The highest BCUT2D eigenvalue weighted by Gasteiger charge is 2.22. The Morgan fingerprint density at radius 2 is 1.83 bits per heavy atom. The van der Waals surface area contributed by atoms with E-state index in [1.54, 1.807) is 0 Å². The van der Waals surface area contributed by atoms with E-state index in [0.29, 0.717) is 10.8 Å². The number of carbonyl (C=O) groups excluding carboxylic acids is 2. The summed E-state index contributed by atoms with van der Waals surface area (Å²) in [5.74, 6) is 0.511. The molecule has 0 bridgehead atoms. The minimum absolute atomic E-state index is 0.276. The zero-order valence-corrected chi connectivity index (χ0v) is 18.8. The molecule has 1 heterocycles. The number of anilines is 1. The molecule has 1 aromatic carbocycles. The average Bonchev–Trinajstić information content (AvgIpc) is 3.09. The molecule has 0 aliphatic heterocycles.